The van der Waals surface area contributed by atoms with Gasteiger partial charge in [0.2, 0.25) is 0 Å². The molecule has 1 saturated heterocycles. The molecular weight excluding hydrogens is 284 g/mol. The predicted molar refractivity (Wildman–Crippen MR) is 88.8 cm³/mol. The second-order valence-corrected chi connectivity index (χ2v) is 6.33. The highest BCUT2D eigenvalue weighted by molar-refractivity contribution is 6.31. The molecular formula is C16H29ClN4. The van der Waals surface area contributed by atoms with Crippen molar-refractivity contribution in [1.29, 1.82) is 0 Å². The molecule has 1 atom stereocenters. The Labute approximate surface area is 133 Å². The van der Waals surface area contributed by atoms with Crippen molar-refractivity contribution >= 4 is 11.6 Å². The zero-order valence-corrected chi connectivity index (χ0v) is 14.6. The molecule has 2 rings (SSSR count). The Morgan fingerprint density at radius 3 is 2.38 bits per heavy atom. The monoisotopic (exact) mass is 312 g/mol. The molecule has 0 amide bonds. The molecule has 1 aromatic heterocycles. The minimum absolute atomic E-state index is 0.113. The van der Waals surface area contributed by atoms with Gasteiger partial charge < -0.3 is 5.32 Å². The van der Waals surface area contributed by atoms with Crippen LogP contribution in [0, 0.1) is 0 Å². The molecule has 0 saturated carbocycles. The van der Waals surface area contributed by atoms with Gasteiger partial charge in [0, 0.05) is 12.1 Å². The average molecular weight is 313 g/mol. The van der Waals surface area contributed by atoms with Crippen molar-refractivity contribution < 1.29 is 0 Å². The van der Waals surface area contributed by atoms with E-state index in [0.717, 1.165) is 30.1 Å². The zero-order valence-electron chi connectivity index (χ0n) is 13.8. The molecule has 2 heterocycles. The van der Waals surface area contributed by atoms with Gasteiger partial charge in [-0.3, -0.25) is 9.58 Å². The average Bonchev–Trinajstić information content (AvgIpc) is 3.15. The number of nitrogens with one attached hydrogen (secondary N) is 1. The van der Waals surface area contributed by atoms with Gasteiger partial charge in [-0.2, -0.15) is 5.10 Å². The van der Waals surface area contributed by atoms with E-state index in [0.29, 0.717) is 0 Å². The summed E-state index contributed by atoms with van der Waals surface area (Å²) in [5.74, 6) is 0. The van der Waals surface area contributed by atoms with E-state index in [1.54, 1.807) is 6.20 Å². The van der Waals surface area contributed by atoms with E-state index < -0.39 is 0 Å². The first kappa shape index (κ1) is 16.8. The van der Waals surface area contributed by atoms with Crippen molar-refractivity contribution in [2.24, 2.45) is 0 Å². The van der Waals surface area contributed by atoms with Crippen LogP contribution in [0.15, 0.2) is 6.20 Å². The number of aryl methyl sites for hydroxylation is 1. The molecule has 0 radical (unpaired) electrons. The van der Waals surface area contributed by atoms with Gasteiger partial charge in [-0.15, -0.1) is 0 Å². The lowest BCUT2D eigenvalue weighted by Gasteiger charge is -2.47. The second-order valence-electron chi connectivity index (χ2n) is 5.92. The third kappa shape index (κ3) is 2.86. The normalized spacial score (nSPS) is 18.3. The minimum Gasteiger partial charge on any atom is -0.310 e. The van der Waals surface area contributed by atoms with Crippen LogP contribution >= 0.6 is 11.6 Å². The highest BCUT2D eigenvalue weighted by atomic mass is 35.5. The highest BCUT2D eigenvalue weighted by Gasteiger charge is 2.44. The molecule has 1 unspecified atom stereocenters. The standard InChI is InChI=1S/C16H29ClN4/c1-5-16(6-2,20-10-8-9-11-20)15(18-4)14-13(17)12-19-21(14)7-3/h12,15,18H,5-11H2,1-4H3. The fourth-order valence-corrected chi connectivity index (χ4v) is 4.27. The van der Waals surface area contributed by atoms with Crippen LogP contribution in [0.1, 0.15) is 58.2 Å². The number of halogens is 1. The Hall–Kier alpha value is -0.580. The van der Waals surface area contributed by atoms with E-state index in [1.807, 2.05) is 11.7 Å². The Kier molecular flexibility index (Phi) is 5.69. The van der Waals surface area contributed by atoms with Crippen LogP contribution in [0.5, 0.6) is 0 Å². The lowest BCUT2D eigenvalue weighted by molar-refractivity contribution is 0.0613. The van der Waals surface area contributed by atoms with Crippen LogP contribution in [0.25, 0.3) is 0 Å². The molecule has 1 aliphatic heterocycles. The molecule has 0 aliphatic carbocycles. The lowest BCUT2D eigenvalue weighted by Crippen LogP contribution is -2.55. The Bertz CT molecular complexity index is 447. The maximum atomic E-state index is 6.48. The van der Waals surface area contributed by atoms with Crippen molar-refractivity contribution in [1.82, 2.24) is 20.0 Å². The second kappa shape index (κ2) is 7.12. The van der Waals surface area contributed by atoms with Crippen molar-refractivity contribution in [3.8, 4) is 0 Å². The summed E-state index contributed by atoms with van der Waals surface area (Å²) in [5.41, 5.74) is 1.25. The summed E-state index contributed by atoms with van der Waals surface area (Å²) in [5, 5.41) is 8.77. The summed E-state index contributed by atoms with van der Waals surface area (Å²) in [6.45, 7) is 9.95. The van der Waals surface area contributed by atoms with Crippen molar-refractivity contribution in [3.05, 3.63) is 16.9 Å². The largest absolute Gasteiger partial charge is 0.310 e. The quantitative estimate of drug-likeness (QED) is 0.837. The number of nitrogens with zero attached hydrogens (tertiary/aromatic N) is 3. The SMILES string of the molecule is CCn1ncc(Cl)c1C(NC)C(CC)(CC)N1CCCC1. The summed E-state index contributed by atoms with van der Waals surface area (Å²) in [4.78, 5) is 2.66. The molecule has 1 aliphatic rings. The van der Waals surface area contributed by atoms with Gasteiger partial charge >= 0.3 is 0 Å². The maximum Gasteiger partial charge on any atom is 0.0834 e. The van der Waals surface area contributed by atoms with Crippen LogP contribution in [-0.2, 0) is 6.54 Å². The van der Waals surface area contributed by atoms with Crippen LogP contribution < -0.4 is 5.32 Å². The number of hydrogen-bond donors (Lipinski definition) is 1. The summed E-state index contributed by atoms with van der Waals surface area (Å²) in [6, 6.07) is 0.209. The molecule has 21 heavy (non-hydrogen) atoms. The zero-order chi connectivity index (χ0) is 15.5. The Morgan fingerprint density at radius 1 is 1.29 bits per heavy atom. The third-order valence-corrected chi connectivity index (χ3v) is 5.48. The molecule has 1 N–H and O–H groups in total. The van der Waals surface area contributed by atoms with Crippen molar-refractivity contribution in [3.63, 3.8) is 0 Å². The molecule has 0 aromatic carbocycles. The molecule has 120 valence electrons. The van der Waals surface area contributed by atoms with Gasteiger partial charge in [-0.1, -0.05) is 25.4 Å². The highest BCUT2D eigenvalue weighted by Crippen LogP contribution is 2.41. The predicted octanol–water partition coefficient (Wildman–Crippen LogP) is 3.47. The summed E-state index contributed by atoms with van der Waals surface area (Å²) in [6.07, 6.45) is 6.61. The first-order chi connectivity index (χ1) is 10.1. The van der Waals surface area contributed by atoms with Crippen LogP contribution in [0.2, 0.25) is 5.02 Å². The van der Waals surface area contributed by atoms with Gasteiger partial charge in [-0.05, 0) is 52.7 Å². The van der Waals surface area contributed by atoms with Gasteiger partial charge in [0.1, 0.15) is 0 Å². The molecule has 4 nitrogen and oxygen atoms in total. The number of likely N-dealkylation sites (N-methyl/N-ethyl adjacent to an activating group) is 1. The first-order valence-corrected chi connectivity index (χ1v) is 8.65. The molecule has 1 fully saturated rings. The van der Waals surface area contributed by atoms with E-state index in [-0.39, 0.29) is 11.6 Å². The van der Waals surface area contributed by atoms with Crippen LogP contribution in [-0.4, -0.2) is 40.4 Å². The summed E-state index contributed by atoms with van der Waals surface area (Å²) in [7, 11) is 2.05. The van der Waals surface area contributed by atoms with Crippen molar-refractivity contribution in [2.75, 3.05) is 20.1 Å². The van der Waals surface area contributed by atoms with Gasteiger partial charge in [0.05, 0.1) is 23.0 Å². The van der Waals surface area contributed by atoms with Crippen LogP contribution in [0.4, 0.5) is 0 Å². The minimum atomic E-state index is 0.113. The van der Waals surface area contributed by atoms with Gasteiger partial charge in [0.25, 0.3) is 0 Å². The Balaban J connectivity index is 2.46. The van der Waals surface area contributed by atoms with E-state index in [2.05, 4.69) is 36.1 Å². The van der Waals surface area contributed by atoms with Gasteiger partial charge in [-0.25, -0.2) is 0 Å². The van der Waals surface area contributed by atoms with Crippen molar-refractivity contribution in [2.45, 2.75) is 64.6 Å². The van der Waals surface area contributed by atoms with E-state index in [1.165, 1.54) is 25.9 Å². The van der Waals surface area contributed by atoms with E-state index in [4.69, 9.17) is 11.6 Å². The smallest absolute Gasteiger partial charge is 0.0834 e. The molecule has 0 spiro atoms. The number of aromatic nitrogens is 2. The van der Waals surface area contributed by atoms with Crippen LogP contribution in [0.3, 0.4) is 0 Å². The lowest BCUT2D eigenvalue weighted by atomic mass is 9.81. The maximum absolute atomic E-state index is 6.48. The topological polar surface area (TPSA) is 33.1 Å². The molecule has 5 heteroatoms. The summed E-state index contributed by atoms with van der Waals surface area (Å²) < 4.78 is 2.04. The molecule has 1 aromatic rings. The number of rotatable bonds is 7. The number of likely N-dealkylation sites (tertiary alicyclic amines) is 1. The Morgan fingerprint density at radius 2 is 1.90 bits per heavy atom. The fourth-order valence-electron chi connectivity index (χ4n) is 4.02. The number of hydrogen-bond acceptors (Lipinski definition) is 3. The summed E-state index contributed by atoms with van der Waals surface area (Å²) >= 11 is 6.48. The third-order valence-electron chi connectivity index (χ3n) is 5.19. The van der Waals surface area contributed by atoms with E-state index in [9.17, 15) is 0 Å². The fraction of sp³-hybridized carbons (Fsp3) is 0.812. The van der Waals surface area contributed by atoms with E-state index >= 15 is 0 Å². The molecule has 0 bridgehead atoms. The first-order valence-electron chi connectivity index (χ1n) is 8.28. The van der Waals surface area contributed by atoms with Gasteiger partial charge in [0.15, 0.2) is 0 Å².